The fraction of sp³-hybridized carbons (Fsp3) is 0.478. The molecule has 0 fully saturated rings. The highest BCUT2D eigenvalue weighted by molar-refractivity contribution is 5.32. The van der Waals surface area contributed by atoms with Gasteiger partial charge in [-0.25, -0.2) is 0 Å². The highest BCUT2D eigenvalue weighted by atomic mass is 14.1. The number of aryl methyl sites for hydroxylation is 2. The van der Waals surface area contributed by atoms with Crippen LogP contribution in [-0.4, -0.2) is 0 Å². The van der Waals surface area contributed by atoms with Crippen LogP contribution in [0.5, 0.6) is 0 Å². The maximum atomic E-state index is 2.40. The first kappa shape index (κ1) is 17.8. The van der Waals surface area contributed by atoms with Crippen LogP contribution in [0.15, 0.2) is 48.5 Å². The van der Waals surface area contributed by atoms with Crippen LogP contribution in [-0.2, 0) is 19.3 Å². The van der Waals surface area contributed by atoms with E-state index >= 15 is 0 Å². The Morgan fingerprint density at radius 3 is 1.43 bits per heavy atom. The van der Waals surface area contributed by atoms with Crippen LogP contribution in [0, 0.1) is 0 Å². The predicted octanol–water partition coefficient (Wildman–Crippen LogP) is 6.74. The molecule has 0 bridgehead atoms. The molecule has 124 valence electrons. The highest BCUT2D eigenvalue weighted by Gasteiger charge is 2.01. The molecule has 2 aromatic rings. The van der Waals surface area contributed by atoms with Crippen LogP contribution in [0.3, 0.4) is 0 Å². The molecule has 0 unspecified atom stereocenters. The summed E-state index contributed by atoms with van der Waals surface area (Å²) in [5.74, 6) is 0. The summed E-state index contributed by atoms with van der Waals surface area (Å²) in [7, 11) is 0. The molecule has 0 aromatic heterocycles. The van der Waals surface area contributed by atoms with E-state index in [2.05, 4.69) is 62.4 Å². The number of hydrogen-bond donors (Lipinski definition) is 0. The first-order chi connectivity index (χ1) is 11.3. The monoisotopic (exact) mass is 308 g/mol. The summed E-state index contributed by atoms with van der Waals surface area (Å²) >= 11 is 0. The molecule has 0 heteroatoms. The fourth-order valence-corrected chi connectivity index (χ4v) is 3.18. The van der Waals surface area contributed by atoms with Crippen LogP contribution >= 0.6 is 0 Å². The van der Waals surface area contributed by atoms with Crippen molar-refractivity contribution in [2.45, 2.75) is 71.6 Å². The minimum atomic E-state index is 1.06. The lowest BCUT2D eigenvalue weighted by molar-refractivity contribution is 0.716. The van der Waals surface area contributed by atoms with Crippen molar-refractivity contribution in [1.29, 1.82) is 0 Å². The van der Waals surface area contributed by atoms with E-state index in [1.165, 1.54) is 73.6 Å². The lowest BCUT2D eigenvalue weighted by Gasteiger charge is -2.08. The Morgan fingerprint density at radius 2 is 1.00 bits per heavy atom. The van der Waals surface area contributed by atoms with Crippen LogP contribution in [0.4, 0.5) is 0 Å². The van der Waals surface area contributed by atoms with Gasteiger partial charge in [0, 0.05) is 0 Å². The third kappa shape index (κ3) is 6.60. The standard InChI is InChI=1S/C23H32/c1-3-5-7-11-20-13-9-15-22(17-20)19-23-16-10-14-21(18-23)12-8-6-4-2/h9-10,13-18H,3-8,11-12,19H2,1-2H3. The molecule has 0 atom stereocenters. The third-order valence-corrected chi connectivity index (χ3v) is 4.53. The zero-order valence-electron chi connectivity index (χ0n) is 15.0. The molecule has 0 spiro atoms. The Bertz CT molecular complexity index is 516. The smallest absolute Gasteiger partial charge is 0.00256 e. The molecule has 2 rings (SSSR count). The van der Waals surface area contributed by atoms with Crippen LogP contribution in [0.2, 0.25) is 0 Å². The van der Waals surface area contributed by atoms with Crippen LogP contribution in [0.25, 0.3) is 0 Å². The van der Waals surface area contributed by atoms with Gasteiger partial charge in [0.2, 0.25) is 0 Å². The van der Waals surface area contributed by atoms with Gasteiger partial charge in [-0.05, 0) is 54.4 Å². The molecule has 0 aliphatic carbocycles. The van der Waals surface area contributed by atoms with Crippen molar-refractivity contribution in [2.75, 3.05) is 0 Å². The molecule has 0 N–H and O–H groups in total. The summed E-state index contributed by atoms with van der Waals surface area (Å²) in [6.45, 7) is 4.54. The average molecular weight is 309 g/mol. The second-order valence-electron chi connectivity index (χ2n) is 6.73. The summed E-state index contributed by atoms with van der Waals surface area (Å²) in [6, 6.07) is 18.4. The number of hydrogen-bond acceptors (Lipinski definition) is 0. The zero-order chi connectivity index (χ0) is 16.3. The van der Waals surface area contributed by atoms with E-state index in [4.69, 9.17) is 0 Å². The quantitative estimate of drug-likeness (QED) is 0.426. The summed E-state index contributed by atoms with van der Waals surface area (Å²) in [4.78, 5) is 0. The molecule has 0 aliphatic heterocycles. The third-order valence-electron chi connectivity index (χ3n) is 4.53. The van der Waals surface area contributed by atoms with Crippen molar-refractivity contribution < 1.29 is 0 Å². The van der Waals surface area contributed by atoms with E-state index in [0.717, 1.165) is 6.42 Å². The second kappa shape index (κ2) is 10.3. The summed E-state index contributed by atoms with van der Waals surface area (Å²) in [5.41, 5.74) is 5.89. The van der Waals surface area contributed by atoms with Crippen LogP contribution < -0.4 is 0 Å². The predicted molar refractivity (Wildman–Crippen MR) is 102 cm³/mol. The van der Waals surface area contributed by atoms with Crippen molar-refractivity contribution in [3.63, 3.8) is 0 Å². The summed E-state index contributed by atoms with van der Waals surface area (Å²) < 4.78 is 0. The van der Waals surface area contributed by atoms with Crippen molar-refractivity contribution in [3.05, 3.63) is 70.8 Å². The number of benzene rings is 2. The Labute approximate surface area is 143 Å². The van der Waals surface area contributed by atoms with Crippen molar-refractivity contribution in [3.8, 4) is 0 Å². The summed E-state index contributed by atoms with van der Waals surface area (Å²) in [5, 5.41) is 0. The van der Waals surface area contributed by atoms with E-state index in [-0.39, 0.29) is 0 Å². The number of rotatable bonds is 10. The van der Waals surface area contributed by atoms with E-state index in [0.29, 0.717) is 0 Å². The van der Waals surface area contributed by atoms with Gasteiger partial charge in [-0.2, -0.15) is 0 Å². The van der Waals surface area contributed by atoms with Crippen molar-refractivity contribution in [1.82, 2.24) is 0 Å². The first-order valence-corrected chi connectivity index (χ1v) is 9.47. The Balaban J connectivity index is 1.95. The molecule has 0 aliphatic rings. The zero-order valence-corrected chi connectivity index (χ0v) is 15.0. The normalized spacial score (nSPS) is 10.9. The molecular formula is C23H32. The maximum Gasteiger partial charge on any atom is -0.00256 e. The Morgan fingerprint density at radius 1 is 0.565 bits per heavy atom. The van der Waals surface area contributed by atoms with Gasteiger partial charge in [0.05, 0.1) is 0 Å². The van der Waals surface area contributed by atoms with Gasteiger partial charge < -0.3 is 0 Å². The Kier molecular flexibility index (Phi) is 7.93. The van der Waals surface area contributed by atoms with Gasteiger partial charge in [0.1, 0.15) is 0 Å². The average Bonchev–Trinajstić information content (AvgIpc) is 2.56. The van der Waals surface area contributed by atoms with Gasteiger partial charge >= 0.3 is 0 Å². The molecule has 0 nitrogen and oxygen atoms in total. The lowest BCUT2D eigenvalue weighted by Crippen LogP contribution is -1.93. The van der Waals surface area contributed by atoms with Crippen molar-refractivity contribution in [2.24, 2.45) is 0 Å². The molecule has 23 heavy (non-hydrogen) atoms. The Hall–Kier alpha value is -1.56. The molecule has 0 radical (unpaired) electrons. The van der Waals surface area contributed by atoms with Gasteiger partial charge in [-0.3, -0.25) is 0 Å². The molecule has 0 saturated heterocycles. The molecule has 0 amide bonds. The van der Waals surface area contributed by atoms with Gasteiger partial charge in [-0.1, -0.05) is 88.1 Å². The van der Waals surface area contributed by atoms with Crippen LogP contribution in [0.1, 0.15) is 74.6 Å². The van der Waals surface area contributed by atoms with E-state index in [1.807, 2.05) is 0 Å². The van der Waals surface area contributed by atoms with Gasteiger partial charge in [-0.15, -0.1) is 0 Å². The minimum Gasteiger partial charge on any atom is -0.0654 e. The second-order valence-corrected chi connectivity index (χ2v) is 6.73. The van der Waals surface area contributed by atoms with E-state index < -0.39 is 0 Å². The van der Waals surface area contributed by atoms with E-state index in [9.17, 15) is 0 Å². The molecule has 2 aromatic carbocycles. The van der Waals surface area contributed by atoms with Gasteiger partial charge in [0.25, 0.3) is 0 Å². The lowest BCUT2D eigenvalue weighted by atomic mass is 9.98. The SMILES string of the molecule is CCCCCc1cccc(Cc2cccc(CCCCC)c2)c1. The topological polar surface area (TPSA) is 0 Å². The molecule has 0 heterocycles. The maximum absolute atomic E-state index is 2.40. The molecular weight excluding hydrogens is 276 g/mol. The largest absolute Gasteiger partial charge is 0.0654 e. The summed E-state index contributed by atoms with van der Waals surface area (Å²) in [6.07, 6.45) is 11.4. The van der Waals surface area contributed by atoms with Gasteiger partial charge in [0.15, 0.2) is 0 Å². The van der Waals surface area contributed by atoms with Crippen molar-refractivity contribution >= 4 is 0 Å². The highest BCUT2D eigenvalue weighted by Crippen LogP contribution is 2.16. The number of unbranched alkanes of at least 4 members (excludes halogenated alkanes) is 4. The first-order valence-electron chi connectivity index (χ1n) is 9.47. The minimum absolute atomic E-state index is 1.06. The molecule has 0 saturated carbocycles. The van der Waals surface area contributed by atoms with E-state index in [1.54, 1.807) is 0 Å². The fourth-order valence-electron chi connectivity index (χ4n) is 3.18.